The molecule has 0 saturated heterocycles. The Kier molecular flexibility index (Phi) is 5.51. The molecular formula is C15H10BrClFNO3. The van der Waals surface area contributed by atoms with Gasteiger partial charge >= 0.3 is 5.97 Å². The van der Waals surface area contributed by atoms with Gasteiger partial charge in [-0.25, -0.2) is 9.18 Å². The molecule has 1 N–H and O–H groups in total. The predicted molar refractivity (Wildman–Crippen MR) is 84.5 cm³/mol. The summed E-state index contributed by atoms with van der Waals surface area (Å²) in [6.45, 7) is -0.473. The maximum Gasteiger partial charge on any atom is 0.340 e. The Morgan fingerprint density at radius 2 is 1.86 bits per heavy atom. The zero-order chi connectivity index (χ0) is 16.1. The second kappa shape index (κ2) is 7.38. The number of rotatable bonds is 4. The normalized spacial score (nSPS) is 10.1. The van der Waals surface area contributed by atoms with Crippen LogP contribution in [0.3, 0.4) is 0 Å². The topological polar surface area (TPSA) is 55.4 Å². The third-order valence-electron chi connectivity index (χ3n) is 2.61. The number of ether oxygens (including phenoxy) is 1. The molecule has 0 unspecified atom stereocenters. The van der Waals surface area contributed by atoms with E-state index in [4.69, 9.17) is 16.3 Å². The molecule has 22 heavy (non-hydrogen) atoms. The summed E-state index contributed by atoms with van der Waals surface area (Å²) in [7, 11) is 0. The molecule has 0 aliphatic carbocycles. The van der Waals surface area contributed by atoms with Gasteiger partial charge in [0.15, 0.2) is 6.61 Å². The molecule has 0 aliphatic rings. The predicted octanol–water partition coefficient (Wildman–Crippen LogP) is 4.04. The molecule has 0 spiro atoms. The smallest absolute Gasteiger partial charge is 0.340 e. The van der Waals surface area contributed by atoms with E-state index in [1.54, 1.807) is 12.1 Å². The Bertz CT molecular complexity index is 706. The highest BCUT2D eigenvalue weighted by atomic mass is 79.9. The van der Waals surface area contributed by atoms with Crippen LogP contribution in [-0.2, 0) is 9.53 Å². The molecule has 7 heteroatoms. The van der Waals surface area contributed by atoms with Crippen LogP contribution in [0.1, 0.15) is 10.4 Å². The molecule has 0 aromatic heterocycles. The first-order chi connectivity index (χ1) is 10.5. The molecule has 0 saturated carbocycles. The zero-order valence-electron chi connectivity index (χ0n) is 11.1. The number of carbonyl (C=O) groups excluding carboxylic acids is 2. The molecule has 0 radical (unpaired) electrons. The van der Waals surface area contributed by atoms with E-state index in [2.05, 4.69) is 21.2 Å². The van der Waals surface area contributed by atoms with E-state index in [0.29, 0.717) is 10.2 Å². The van der Waals surface area contributed by atoms with Gasteiger partial charge < -0.3 is 10.1 Å². The fourth-order valence-corrected chi connectivity index (χ4v) is 2.15. The summed E-state index contributed by atoms with van der Waals surface area (Å²) in [5.74, 6) is -1.65. The number of amides is 1. The highest BCUT2D eigenvalue weighted by Crippen LogP contribution is 2.21. The number of halogens is 3. The van der Waals surface area contributed by atoms with Gasteiger partial charge in [-0.2, -0.15) is 0 Å². The van der Waals surface area contributed by atoms with Crippen molar-refractivity contribution in [1.29, 1.82) is 0 Å². The molecule has 0 bridgehead atoms. The van der Waals surface area contributed by atoms with Crippen molar-refractivity contribution < 1.29 is 18.7 Å². The van der Waals surface area contributed by atoms with Gasteiger partial charge in [0.25, 0.3) is 5.91 Å². The summed E-state index contributed by atoms with van der Waals surface area (Å²) < 4.78 is 18.3. The number of hydrogen-bond donors (Lipinski definition) is 1. The Labute approximate surface area is 139 Å². The quantitative estimate of drug-likeness (QED) is 0.807. The molecule has 0 heterocycles. The Morgan fingerprint density at radius 1 is 1.18 bits per heavy atom. The molecular weight excluding hydrogens is 377 g/mol. The van der Waals surface area contributed by atoms with Gasteiger partial charge in [0.2, 0.25) is 0 Å². The first kappa shape index (κ1) is 16.5. The average Bonchev–Trinajstić information content (AvgIpc) is 2.49. The van der Waals surface area contributed by atoms with Crippen LogP contribution in [0.15, 0.2) is 46.9 Å². The maximum absolute atomic E-state index is 12.7. The third-order valence-corrected chi connectivity index (χ3v) is 3.43. The lowest BCUT2D eigenvalue weighted by Crippen LogP contribution is -2.21. The summed E-state index contributed by atoms with van der Waals surface area (Å²) in [5.41, 5.74) is 0.563. The Balaban J connectivity index is 1.91. The molecule has 114 valence electrons. The van der Waals surface area contributed by atoms with Crippen molar-refractivity contribution in [2.45, 2.75) is 0 Å². The van der Waals surface area contributed by atoms with E-state index in [9.17, 15) is 14.0 Å². The number of anilines is 1. The Hall–Kier alpha value is -1.92. The van der Waals surface area contributed by atoms with Crippen molar-refractivity contribution in [3.05, 3.63) is 63.3 Å². The minimum atomic E-state index is -0.708. The van der Waals surface area contributed by atoms with Gasteiger partial charge in [0, 0.05) is 10.2 Å². The van der Waals surface area contributed by atoms with E-state index in [-0.39, 0.29) is 10.6 Å². The number of carbonyl (C=O) groups is 2. The molecule has 4 nitrogen and oxygen atoms in total. The van der Waals surface area contributed by atoms with Crippen LogP contribution >= 0.6 is 27.5 Å². The molecule has 2 aromatic rings. The lowest BCUT2D eigenvalue weighted by Gasteiger charge is -2.08. The summed E-state index contributed by atoms with van der Waals surface area (Å²) in [6.07, 6.45) is 0. The van der Waals surface area contributed by atoms with Gasteiger partial charge in [-0.1, -0.05) is 27.5 Å². The van der Waals surface area contributed by atoms with Crippen LogP contribution in [0.25, 0.3) is 0 Å². The zero-order valence-corrected chi connectivity index (χ0v) is 13.4. The molecule has 1 amide bonds. The maximum atomic E-state index is 12.7. The molecule has 0 fully saturated rings. The first-order valence-electron chi connectivity index (χ1n) is 6.13. The molecule has 0 aliphatic heterocycles. The van der Waals surface area contributed by atoms with E-state index >= 15 is 0 Å². The standard InChI is InChI=1S/C15H10BrClFNO3/c16-9-1-6-13(17)12(7-9)15(21)22-8-14(20)19-11-4-2-10(18)3-5-11/h1-7H,8H2,(H,19,20). The van der Waals surface area contributed by atoms with Crippen LogP contribution in [-0.4, -0.2) is 18.5 Å². The summed E-state index contributed by atoms with van der Waals surface area (Å²) in [4.78, 5) is 23.5. The fourth-order valence-electron chi connectivity index (χ4n) is 1.59. The van der Waals surface area contributed by atoms with Crippen LogP contribution < -0.4 is 5.32 Å². The van der Waals surface area contributed by atoms with Crippen molar-refractivity contribution in [2.75, 3.05) is 11.9 Å². The number of hydrogen-bond acceptors (Lipinski definition) is 3. The summed E-state index contributed by atoms with van der Waals surface area (Å²) in [6, 6.07) is 9.95. The number of esters is 1. The first-order valence-corrected chi connectivity index (χ1v) is 7.30. The average molecular weight is 387 g/mol. The van der Waals surface area contributed by atoms with E-state index < -0.39 is 24.3 Å². The highest BCUT2D eigenvalue weighted by molar-refractivity contribution is 9.10. The SMILES string of the molecule is O=C(COC(=O)c1cc(Br)ccc1Cl)Nc1ccc(F)cc1. The second-order valence-corrected chi connectivity index (χ2v) is 5.58. The third kappa shape index (κ3) is 4.54. The number of nitrogens with one attached hydrogen (secondary N) is 1. The largest absolute Gasteiger partial charge is 0.452 e. The van der Waals surface area contributed by atoms with Crippen molar-refractivity contribution in [2.24, 2.45) is 0 Å². The van der Waals surface area contributed by atoms with Gasteiger partial charge in [-0.05, 0) is 42.5 Å². The molecule has 2 aromatic carbocycles. The van der Waals surface area contributed by atoms with Crippen LogP contribution in [0.5, 0.6) is 0 Å². The fraction of sp³-hybridized carbons (Fsp3) is 0.0667. The second-order valence-electron chi connectivity index (χ2n) is 4.26. The minimum Gasteiger partial charge on any atom is -0.452 e. The van der Waals surface area contributed by atoms with Crippen molar-refractivity contribution in [3.63, 3.8) is 0 Å². The van der Waals surface area contributed by atoms with Crippen molar-refractivity contribution in [3.8, 4) is 0 Å². The monoisotopic (exact) mass is 385 g/mol. The number of benzene rings is 2. The van der Waals surface area contributed by atoms with Gasteiger partial charge in [0.1, 0.15) is 5.82 Å². The minimum absolute atomic E-state index is 0.158. The summed E-state index contributed by atoms with van der Waals surface area (Å²) in [5, 5.41) is 2.71. The van der Waals surface area contributed by atoms with Crippen LogP contribution in [0.2, 0.25) is 5.02 Å². The van der Waals surface area contributed by atoms with E-state index in [1.807, 2.05) is 0 Å². The van der Waals surface area contributed by atoms with Gasteiger partial charge in [-0.15, -0.1) is 0 Å². The van der Waals surface area contributed by atoms with Crippen LogP contribution in [0, 0.1) is 5.82 Å². The highest BCUT2D eigenvalue weighted by Gasteiger charge is 2.14. The molecule has 2 rings (SSSR count). The van der Waals surface area contributed by atoms with E-state index in [0.717, 1.165) is 0 Å². The Morgan fingerprint density at radius 3 is 2.55 bits per heavy atom. The van der Waals surface area contributed by atoms with Crippen molar-refractivity contribution >= 4 is 45.1 Å². The molecule has 0 atom stereocenters. The summed E-state index contributed by atoms with van der Waals surface area (Å²) >= 11 is 9.11. The van der Waals surface area contributed by atoms with Crippen molar-refractivity contribution in [1.82, 2.24) is 0 Å². The van der Waals surface area contributed by atoms with Crippen LogP contribution in [0.4, 0.5) is 10.1 Å². The lowest BCUT2D eigenvalue weighted by atomic mass is 10.2. The van der Waals surface area contributed by atoms with E-state index in [1.165, 1.54) is 30.3 Å². The van der Waals surface area contributed by atoms with Gasteiger partial charge in [0.05, 0.1) is 10.6 Å². The lowest BCUT2D eigenvalue weighted by molar-refractivity contribution is -0.119. The van der Waals surface area contributed by atoms with Gasteiger partial charge in [-0.3, -0.25) is 4.79 Å².